The summed E-state index contributed by atoms with van der Waals surface area (Å²) in [7, 11) is 0. The van der Waals surface area contributed by atoms with Crippen molar-refractivity contribution in [2.75, 3.05) is 29.5 Å². The minimum absolute atomic E-state index is 0.199. The van der Waals surface area contributed by atoms with E-state index in [-0.39, 0.29) is 6.61 Å². The molecule has 0 saturated carbocycles. The third-order valence-electron chi connectivity index (χ3n) is 7.92. The van der Waals surface area contributed by atoms with Gasteiger partial charge in [-0.05, 0) is 51.3 Å². The smallest absolute Gasteiger partial charge is 0.225 e. The summed E-state index contributed by atoms with van der Waals surface area (Å²) in [6.07, 6.45) is 2.96. The monoisotopic (exact) mass is 589 g/mol. The van der Waals surface area contributed by atoms with Gasteiger partial charge in [0, 0.05) is 42.5 Å². The molecule has 0 radical (unpaired) electrons. The van der Waals surface area contributed by atoms with E-state index in [9.17, 15) is 5.11 Å². The normalized spacial score (nSPS) is 15.6. The first-order chi connectivity index (χ1) is 20.2. The average molecular weight is 590 g/mol. The lowest BCUT2D eigenvalue weighted by atomic mass is 10.0. The maximum atomic E-state index is 10.2. The topological polar surface area (TPSA) is 114 Å². The summed E-state index contributed by atoms with van der Waals surface area (Å²) >= 11 is 6.73. The highest BCUT2D eigenvalue weighted by atomic mass is 35.5. The van der Waals surface area contributed by atoms with Gasteiger partial charge in [0.2, 0.25) is 5.95 Å². The number of anilines is 2. The van der Waals surface area contributed by atoms with E-state index in [0.29, 0.717) is 53.3 Å². The Morgan fingerprint density at radius 3 is 2.64 bits per heavy atom. The van der Waals surface area contributed by atoms with E-state index in [1.165, 1.54) is 0 Å². The van der Waals surface area contributed by atoms with Gasteiger partial charge >= 0.3 is 0 Å². The highest BCUT2D eigenvalue weighted by Crippen LogP contribution is 2.39. The van der Waals surface area contributed by atoms with Crippen molar-refractivity contribution in [2.24, 2.45) is 5.92 Å². The van der Waals surface area contributed by atoms with Crippen LogP contribution in [-0.4, -0.2) is 56.0 Å². The Hall–Kier alpha value is -3.76. The fraction of sp³-hybridized carbons (Fsp3) is 0.452. The van der Waals surface area contributed by atoms with Gasteiger partial charge in [-0.1, -0.05) is 37.0 Å². The van der Waals surface area contributed by atoms with Crippen molar-refractivity contribution >= 4 is 23.4 Å². The molecule has 42 heavy (non-hydrogen) atoms. The first-order valence-corrected chi connectivity index (χ1v) is 14.9. The third-order valence-corrected chi connectivity index (χ3v) is 8.25. The van der Waals surface area contributed by atoms with E-state index >= 15 is 0 Å². The lowest BCUT2D eigenvalue weighted by Crippen LogP contribution is -2.46. The molecule has 0 amide bonds. The number of nitrogens with zero attached hydrogens (tertiary/aromatic N) is 7. The van der Waals surface area contributed by atoms with Crippen molar-refractivity contribution in [1.29, 1.82) is 0 Å². The molecular formula is C31H36ClN7O3. The van der Waals surface area contributed by atoms with Crippen LogP contribution in [0.5, 0.6) is 5.75 Å². The Labute approximate surface area is 250 Å². The van der Waals surface area contributed by atoms with Gasteiger partial charge in [-0.2, -0.15) is 0 Å². The quantitative estimate of drug-likeness (QED) is 0.261. The van der Waals surface area contributed by atoms with Crippen LogP contribution in [0, 0.1) is 26.7 Å². The highest BCUT2D eigenvalue weighted by Gasteiger charge is 2.30. The number of hydrogen-bond acceptors (Lipinski definition) is 10. The van der Waals surface area contributed by atoms with Gasteiger partial charge in [-0.3, -0.25) is 0 Å². The van der Waals surface area contributed by atoms with Crippen LogP contribution in [0.25, 0.3) is 22.6 Å². The number of aryl methyl sites for hydroxylation is 2. The minimum atomic E-state index is -0.535. The zero-order valence-electron chi connectivity index (χ0n) is 24.7. The largest absolute Gasteiger partial charge is 0.491 e. The molecule has 0 spiro atoms. The van der Waals surface area contributed by atoms with Crippen LogP contribution < -0.4 is 14.5 Å². The van der Waals surface area contributed by atoms with Gasteiger partial charge in [-0.25, -0.2) is 19.9 Å². The minimum Gasteiger partial charge on any atom is -0.491 e. The Morgan fingerprint density at radius 1 is 1.12 bits per heavy atom. The fourth-order valence-electron chi connectivity index (χ4n) is 5.68. The number of aliphatic hydroxyl groups excluding tert-OH is 1. The summed E-state index contributed by atoms with van der Waals surface area (Å²) in [5.41, 5.74) is 5.99. The summed E-state index contributed by atoms with van der Waals surface area (Å²) in [6.45, 7) is 13.5. The van der Waals surface area contributed by atoms with Gasteiger partial charge in [0.05, 0.1) is 40.3 Å². The molecule has 2 aliphatic heterocycles. The van der Waals surface area contributed by atoms with E-state index in [1.54, 1.807) is 12.1 Å². The number of rotatable bonds is 9. The molecule has 1 fully saturated rings. The molecule has 2 aliphatic rings. The third kappa shape index (κ3) is 5.41. The molecule has 0 bridgehead atoms. The van der Waals surface area contributed by atoms with Gasteiger partial charge < -0.3 is 24.2 Å². The Bertz CT molecular complexity index is 1600. The molecule has 4 aromatic rings. The standard InChI is InChI=1S/C31H36ClN7O3/c1-6-7-22(40)16-41-23-8-9-25(32)24(10-23)29-35-28(27-19(4)37-42-20(27)5)18(3)30(36-29)38-14-21-11-33-31(34-26(21)15-38)39-12-17(2)13-39/h8-11,17,22,40H,6-7,12-16H2,1-5H3/t22-/m1/s1. The van der Waals surface area contributed by atoms with Crippen molar-refractivity contribution in [2.45, 2.75) is 66.7 Å². The highest BCUT2D eigenvalue weighted by molar-refractivity contribution is 6.33. The van der Waals surface area contributed by atoms with Crippen molar-refractivity contribution < 1.29 is 14.4 Å². The van der Waals surface area contributed by atoms with Crippen LogP contribution >= 0.6 is 11.6 Å². The van der Waals surface area contributed by atoms with Crippen molar-refractivity contribution in [3.63, 3.8) is 0 Å². The number of benzene rings is 1. The van der Waals surface area contributed by atoms with Gasteiger partial charge in [0.25, 0.3) is 0 Å². The van der Waals surface area contributed by atoms with Gasteiger partial charge in [-0.15, -0.1) is 0 Å². The van der Waals surface area contributed by atoms with Crippen molar-refractivity contribution in [3.8, 4) is 28.4 Å². The molecule has 220 valence electrons. The van der Waals surface area contributed by atoms with Crippen LogP contribution in [0.4, 0.5) is 11.8 Å². The predicted molar refractivity (Wildman–Crippen MR) is 162 cm³/mol. The van der Waals surface area contributed by atoms with E-state index in [2.05, 4.69) is 26.9 Å². The molecule has 5 heterocycles. The number of fused-ring (bicyclic) bond motifs is 1. The molecular weight excluding hydrogens is 554 g/mol. The summed E-state index contributed by atoms with van der Waals surface area (Å²) in [5.74, 6) is 3.98. The summed E-state index contributed by atoms with van der Waals surface area (Å²) in [4.78, 5) is 24.1. The van der Waals surface area contributed by atoms with Crippen molar-refractivity contribution in [1.82, 2.24) is 25.1 Å². The predicted octanol–water partition coefficient (Wildman–Crippen LogP) is 5.68. The molecule has 1 N–H and O–H groups in total. The number of hydrogen-bond donors (Lipinski definition) is 1. The summed E-state index contributed by atoms with van der Waals surface area (Å²) < 4.78 is 11.4. The molecule has 3 aromatic heterocycles. The van der Waals surface area contributed by atoms with E-state index in [1.807, 2.05) is 40.0 Å². The van der Waals surface area contributed by atoms with E-state index in [0.717, 1.165) is 65.0 Å². The van der Waals surface area contributed by atoms with Crippen LogP contribution in [-0.2, 0) is 13.1 Å². The zero-order valence-corrected chi connectivity index (χ0v) is 25.4. The zero-order chi connectivity index (χ0) is 29.5. The molecule has 0 aliphatic carbocycles. The first kappa shape index (κ1) is 28.4. The lowest BCUT2D eigenvalue weighted by molar-refractivity contribution is 0.0994. The van der Waals surface area contributed by atoms with Crippen LogP contribution in [0.2, 0.25) is 5.02 Å². The summed E-state index contributed by atoms with van der Waals surface area (Å²) in [6, 6.07) is 5.40. The number of aromatic nitrogens is 5. The lowest BCUT2D eigenvalue weighted by Gasteiger charge is -2.37. The molecule has 1 atom stereocenters. The van der Waals surface area contributed by atoms with Crippen molar-refractivity contribution in [3.05, 3.63) is 57.7 Å². The number of ether oxygens (including phenoxy) is 1. The average Bonchev–Trinajstić information content (AvgIpc) is 3.53. The van der Waals surface area contributed by atoms with Crippen LogP contribution in [0.15, 0.2) is 28.9 Å². The number of halogens is 1. The second-order valence-corrected chi connectivity index (χ2v) is 11.9. The Balaban J connectivity index is 1.39. The SMILES string of the molecule is CCC[C@@H](O)COc1ccc(Cl)c(-c2nc(-c3c(C)noc3C)c(C)c(N3Cc4cnc(N5CC(C)C5)nc4C3)n2)c1. The van der Waals surface area contributed by atoms with E-state index in [4.69, 9.17) is 35.8 Å². The molecule has 1 aromatic carbocycles. The number of aliphatic hydroxyl groups is 1. The molecule has 1 saturated heterocycles. The first-order valence-electron chi connectivity index (χ1n) is 14.5. The maximum Gasteiger partial charge on any atom is 0.225 e. The van der Waals surface area contributed by atoms with Gasteiger partial charge in [0.1, 0.15) is 23.9 Å². The fourth-order valence-corrected chi connectivity index (χ4v) is 5.88. The second-order valence-electron chi connectivity index (χ2n) is 11.4. The molecule has 0 unspecified atom stereocenters. The molecule has 11 heteroatoms. The van der Waals surface area contributed by atoms with Crippen LogP contribution in [0.3, 0.4) is 0 Å². The Kier molecular flexibility index (Phi) is 7.76. The molecule has 6 rings (SSSR count). The van der Waals surface area contributed by atoms with Gasteiger partial charge in [0.15, 0.2) is 5.82 Å². The summed E-state index contributed by atoms with van der Waals surface area (Å²) in [5, 5.41) is 14.9. The van der Waals surface area contributed by atoms with E-state index < -0.39 is 6.10 Å². The van der Waals surface area contributed by atoms with Crippen LogP contribution in [0.1, 0.15) is 55.0 Å². The Morgan fingerprint density at radius 2 is 1.93 bits per heavy atom. The molecule has 10 nitrogen and oxygen atoms in total. The second kappa shape index (κ2) is 11.5. The maximum absolute atomic E-state index is 10.2.